The number of hydrogen-bond acceptors (Lipinski definition) is 8. The molecule has 0 saturated carbocycles. The molecule has 33 heavy (non-hydrogen) atoms. The number of ether oxygens (including phenoxy) is 2. The van der Waals surface area contributed by atoms with Crippen LogP contribution in [0.25, 0.3) is 0 Å². The molecule has 10 nitrogen and oxygen atoms in total. The minimum atomic E-state index is -4.06. The SMILES string of the molecule is COc1ccc(NS(=O)(=O)c2ccc(N/N=C(\C)c3cccc(OC)c3)c([N+](=O)[O-])c2)cc1. The molecule has 0 bridgehead atoms. The van der Waals surface area contributed by atoms with Crippen LogP contribution in [0.5, 0.6) is 11.5 Å². The van der Waals surface area contributed by atoms with Crippen LogP contribution in [0, 0.1) is 10.1 Å². The van der Waals surface area contributed by atoms with E-state index < -0.39 is 20.6 Å². The lowest BCUT2D eigenvalue weighted by Crippen LogP contribution is -2.13. The first-order valence-corrected chi connectivity index (χ1v) is 11.1. The van der Waals surface area contributed by atoms with Crippen LogP contribution in [-0.2, 0) is 10.0 Å². The summed E-state index contributed by atoms with van der Waals surface area (Å²) in [6.07, 6.45) is 0. The predicted molar refractivity (Wildman–Crippen MR) is 126 cm³/mol. The van der Waals surface area contributed by atoms with Crippen molar-refractivity contribution in [3.63, 3.8) is 0 Å². The van der Waals surface area contributed by atoms with Gasteiger partial charge in [0, 0.05) is 17.3 Å². The monoisotopic (exact) mass is 470 g/mol. The van der Waals surface area contributed by atoms with Crippen molar-refractivity contribution >= 4 is 32.8 Å². The molecule has 172 valence electrons. The maximum atomic E-state index is 12.7. The second-order valence-corrected chi connectivity index (χ2v) is 8.49. The highest BCUT2D eigenvalue weighted by Gasteiger charge is 2.22. The maximum absolute atomic E-state index is 12.7. The molecule has 3 rings (SSSR count). The Labute approximate surface area is 191 Å². The number of benzene rings is 3. The molecular formula is C22H22N4O6S. The third kappa shape index (κ3) is 5.77. The topological polar surface area (TPSA) is 132 Å². The first-order valence-electron chi connectivity index (χ1n) is 9.63. The summed E-state index contributed by atoms with van der Waals surface area (Å²) < 4.78 is 38.1. The average molecular weight is 471 g/mol. The largest absolute Gasteiger partial charge is 0.497 e. The van der Waals surface area contributed by atoms with Gasteiger partial charge < -0.3 is 9.47 Å². The second kappa shape index (κ2) is 10.0. The van der Waals surface area contributed by atoms with Gasteiger partial charge in [-0.2, -0.15) is 5.10 Å². The molecule has 0 spiro atoms. The summed E-state index contributed by atoms with van der Waals surface area (Å²) in [5, 5.41) is 15.8. The fourth-order valence-electron chi connectivity index (χ4n) is 2.85. The Morgan fingerprint density at radius 2 is 1.67 bits per heavy atom. The van der Waals surface area contributed by atoms with E-state index in [1.807, 2.05) is 6.07 Å². The normalized spacial score (nSPS) is 11.5. The Kier molecular flexibility index (Phi) is 7.13. The Bertz CT molecular complexity index is 1290. The third-order valence-electron chi connectivity index (χ3n) is 4.65. The van der Waals surface area contributed by atoms with Gasteiger partial charge in [0.1, 0.15) is 17.2 Å². The van der Waals surface area contributed by atoms with E-state index >= 15 is 0 Å². The Balaban J connectivity index is 1.85. The van der Waals surface area contributed by atoms with E-state index in [0.717, 1.165) is 11.6 Å². The lowest BCUT2D eigenvalue weighted by Gasteiger charge is -2.10. The molecule has 2 N–H and O–H groups in total. The van der Waals surface area contributed by atoms with Crippen molar-refractivity contribution in [3.8, 4) is 11.5 Å². The zero-order valence-electron chi connectivity index (χ0n) is 18.1. The van der Waals surface area contributed by atoms with Crippen molar-refractivity contribution in [3.05, 3.63) is 82.4 Å². The summed E-state index contributed by atoms with van der Waals surface area (Å²) in [6, 6.07) is 16.9. The molecule has 0 heterocycles. The van der Waals surface area contributed by atoms with Crippen molar-refractivity contribution in [2.24, 2.45) is 5.10 Å². The van der Waals surface area contributed by atoms with Gasteiger partial charge in [0.05, 0.1) is 29.8 Å². The van der Waals surface area contributed by atoms with Gasteiger partial charge >= 0.3 is 0 Å². The molecule has 0 amide bonds. The lowest BCUT2D eigenvalue weighted by atomic mass is 10.1. The molecule has 0 radical (unpaired) electrons. The highest BCUT2D eigenvalue weighted by atomic mass is 32.2. The lowest BCUT2D eigenvalue weighted by molar-refractivity contribution is -0.384. The zero-order valence-corrected chi connectivity index (χ0v) is 18.9. The summed E-state index contributed by atoms with van der Waals surface area (Å²) in [4.78, 5) is 10.7. The van der Waals surface area contributed by atoms with Crippen molar-refractivity contribution in [2.75, 3.05) is 24.4 Å². The van der Waals surface area contributed by atoms with Crippen molar-refractivity contribution in [1.29, 1.82) is 0 Å². The number of nitro groups is 1. The number of hydrogen-bond donors (Lipinski definition) is 2. The molecule has 0 unspecified atom stereocenters. The number of nitrogens with zero attached hydrogens (tertiary/aromatic N) is 2. The molecular weight excluding hydrogens is 448 g/mol. The molecule has 0 aliphatic carbocycles. The van der Waals surface area contributed by atoms with Crippen LogP contribution in [0.15, 0.2) is 76.7 Å². The van der Waals surface area contributed by atoms with Gasteiger partial charge in [-0.3, -0.25) is 20.3 Å². The van der Waals surface area contributed by atoms with Gasteiger partial charge in [-0.25, -0.2) is 8.42 Å². The van der Waals surface area contributed by atoms with Crippen LogP contribution >= 0.6 is 0 Å². The average Bonchev–Trinajstić information content (AvgIpc) is 2.82. The van der Waals surface area contributed by atoms with Gasteiger partial charge in [0.2, 0.25) is 0 Å². The van der Waals surface area contributed by atoms with Crippen molar-refractivity contribution in [2.45, 2.75) is 11.8 Å². The first-order chi connectivity index (χ1) is 15.7. The minimum Gasteiger partial charge on any atom is -0.497 e. The fraction of sp³-hybridized carbons (Fsp3) is 0.136. The molecule has 0 aliphatic heterocycles. The fourth-order valence-corrected chi connectivity index (χ4v) is 3.93. The number of nitrogens with one attached hydrogen (secondary N) is 2. The molecule has 0 aromatic heterocycles. The molecule has 0 atom stereocenters. The van der Waals surface area contributed by atoms with E-state index in [4.69, 9.17) is 9.47 Å². The van der Waals surface area contributed by atoms with E-state index in [1.165, 1.54) is 31.4 Å². The van der Waals surface area contributed by atoms with E-state index in [1.54, 1.807) is 44.4 Å². The summed E-state index contributed by atoms with van der Waals surface area (Å²) >= 11 is 0. The molecule has 0 aliphatic rings. The highest BCUT2D eigenvalue weighted by Crippen LogP contribution is 2.29. The van der Waals surface area contributed by atoms with Crippen LogP contribution in [0.3, 0.4) is 0 Å². The number of methoxy groups -OCH3 is 2. The molecule has 0 fully saturated rings. The van der Waals surface area contributed by atoms with Gasteiger partial charge in [0.25, 0.3) is 15.7 Å². The van der Waals surface area contributed by atoms with Crippen LogP contribution in [-0.4, -0.2) is 33.3 Å². The van der Waals surface area contributed by atoms with Gasteiger partial charge in [-0.1, -0.05) is 12.1 Å². The highest BCUT2D eigenvalue weighted by molar-refractivity contribution is 7.92. The summed E-state index contributed by atoms with van der Waals surface area (Å²) in [6.45, 7) is 1.73. The van der Waals surface area contributed by atoms with Crippen molar-refractivity contribution < 1.29 is 22.8 Å². The standard InChI is InChI=1S/C22H22N4O6S/c1-15(16-5-4-6-19(13-16)32-3)23-24-21-12-11-20(14-22(21)26(27)28)33(29,30)25-17-7-9-18(31-2)10-8-17/h4-14,24-25H,1-3H3/b23-15+. The van der Waals surface area contributed by atoms with E-state index in [0.29, 0.717) is 22.9 Å². The van der Waals surface area contributed by atoms with Gasteiger partial charge in [0.15, 0.2) is 0 Å². The summed E-state index contributed by atoms with van der Waals surface area (Å²) in [7, 11) is -1.02. The Hall–Kier alpha value is -4.12. The minimum absolute atomic E-state index is 0.0469. The van der Waals surface area contributed by atoms with Crippen LogP contribution in [0.4, 0.5) is 17.1 Å². The predicted octanol–water partition coefficient (Wildman–Crippen LogP) is 4.25. The number of hydrazone groups is 1. The summed E-state index contributed by atoms with van der Waals surface area (Å²) in [5.41, 5.74) is 3.86. The first kappa shape index (κ1) is 23.5. The van der Waals surface area contributed by atoms with Crippen LogP contribution in [0.1, 0.15) is 12.5 Å². The Morgan fingerprint density at radius 3 is 2.30 bits per heavy atom. The smallest absolute Gasteiger partial charge is 0.295 e. The summed E-state index contributed by atoms with van der Waals surface area (Å²) in [5.74, 6) is 1.21. The van der Waals surface area contributed by atoms with Crippen LogP contribution in [0.2, 0.25) is 0 Å². The van der Waals surface area contributed by atoms with Crippen LogP contribution < -0.4 is 19.6 Å². The maximum Gasteiger partial charge on any atom is 0.295 e. The number of anilines is 2. The van der Waals surface area contributed by atoms with Gasteiger partial charge in [-0.15, -0.1) is 0 Å². The Morgan fingerprint density at radius 1 is 0.970 bits per heavy atom. The number of sulfonamides is 1. The van der Waals surface area contributed by atoms with Gasteiger partial charge in [-0.05, 0) is 55.5 Å². The molecule has 3 aromatic carbocycles. The number of rotatable bonds is 9. The van der Waals surface area contributed by atoms with Crippen molar-refractivity contribution in [1.82, 2.24) is 0 Å². The number of nitro benzene ring substituents is 1. The molecule has 3 aromatic rings. The molecule has 11 heteroatoms. The third-order valence-corrected chi connectivity index (χ3v) is 6.03. The zero-order chi connectivity index (χ0) is 24.0. The second-order valence-electron chi connectivity index (χ2n) is 6.81. The quantitative estimate of drug-likeness (QED) is 0.271. The van der Waals surface area contributed by atoms with E-state index in [-0.39, 0.29) is 10.6 Å². The van der Waals surface area contributed by atoms with E-state index in [9.17, 15) is 18.5 Å². The molecule has 0 saturated heterocycles. The van der Waals surface area contributed by atoms with E-state index in [2.05, 4.69) is 15.2 Å².